The number of amides is 2. The maximum atomic E-state index is 11.4. The van der Waals surface area contributed by atoms with Crippen LogP contribution in [0.1, 0.15) is 6.92 Å². The topological polar surface area (TPSA) is 70.2 Å². The van der Waals surface area contributed by atoms with E-state index in [1.807, 2.05) is 0 Å². The van der Waals surface area contributed by atoms with Gasteiger partial charge in [0, 0.05) is 31.6 Å². The Balaban J connectivity index is 2.05. The molecule has 1 saturated heterocycles. The summed E-state index contributed by atoms with van der Waals surface area (Å²) in [7, 11) is 0. The Kier molecular flexibility index (Phi) is 4.75. The van der Waals surface area contributed by atoms with E-state index in [1.54, 1.807) is 11.8 Å². The molecule has 3 N–H and O–H groups in total. The average Bonchev–Trinajstić information content (AvgIpc) is 2.64. The molecule has 14 heavy (non-hydrogen) atoms. The first-order valence-electron chi connectivity index (χ1n) is 4.53. The third-order valence-electron chi connectivity index (χ3n) is 1.83. The molecule has 1 heterocycles. The Labute approximate surface area is 87.4 Å². The Bertz CT molecular complexity index is 217. The summed E-state index contributed by atoms with van der Waals surface area (Å²) < 4.78 is 0. The molecule has 1 atom stereocenters. The van der Waals surface area contributed by atoms with Gasteiger partial charge in [0.1, 0.15) is 0 Å². The van der Waals surface area contributed by atoms with Gasteiger partial charge in [-0.15, -0.1) is 11.8 Å². The molecular formula is C8H15N3O2S. The summed E-state index contributed by atoms with van der Waals surface area (Å²) >= 11 is 1.71. The van der Waals surface area contributed by atoms with Crippen LogP contribution in [0.5, 0.6) is 0 Å². The molecule has 80 valence electrons. The lowest BCUT2D eigenvalue weighted by Crippen LogP contribution is -2.44. The average molecular weight is 217 g/mol. The van der Waals surface area contributed by atoms with Gasteiger partial charge in [-0.05, 0) is 0 Å². The number of hydrogen-bond donors (Lipinski definition) is 3. The normalized spacial score (nSPS) is 20.5. The van der Waals surface area contributed by atoms with Crippen LogP contribution in [0.25, 0.3) is 0 Å². The lowest BCUT2D eigenvalue weighted by atomic mass is 10.3. The lowest BCUT2D eigenvalue weighted by Gasteiger charge is -2.10. The first-order chi connectivity index (χ1) is 6.70. The predicted octanol–water partition coefficient (Wildman–Crippen LogP) is -1.10. The summed E-state index contributed by atoms with van der Waals surface area (Å²) in [6.07, 6.45) is 0. The number of hydrogen-bond acceptors (Lipinski definition) is 4. The summed E-state index contributed by atoms with van der Waals surface area (Å²) in [6, 6.07) is -0.0719. The summed E-state index contributed by atoms with van der Waals surface area (Å²) in [4.78, 5) is 21.9. The van der Waals surface area contributed by atoms with Crippen LogP contribution in [0, 0.1) is 0 Å². The Morgan fingerprint density at radius 1 is 1.43 bits per heavy atom. The van der Waals surface area contributed by atoms with Gasteiger partial charge in [0.25, 0.3) is 0 Å². The van der Waals surface area contributed by atoms with Crippen molar-refractivity contribution in [3.8, 4) is 0 Å². The zero-order valence-corrected chi connectivity index (χ0v) is 8.95. The first-order valence-corrected chi connectivity index (χ1v) is 5.69. The van der Waals surface area contributed by atoms with Gasteiger partial charge in [0.05, 0.1) is 6.04 Å². The molecule has 0 radical (unpaired) electrons. The van der Waals surface area contributed by atoms with Crippen molar-refractivity contribution in [3.63, 3.8) is 0 Å². The standard InChI is InChI=1S/C8H15N3O2S/c1-6(12)9-2-3-10-8(13)7-4-14-5-11-7/h7,11H,2-5H2,1H3,(H,9,12)(H,10,13)/t7-/m1/s1. The minimum atomic E-state index is -0.0752. The van der Waals surface area contributed by atoms with E-state index >= 15 is 0 Å². The van der Waals surface area contributed by atoms with Crippen LogP contribution in [0.4, 0.5) is 0 Å². The summed E-state index contributed by atoms with van der Waals surface area (Å²) in [6.45, 7) is 2.43. The molecule has 0 aromatic heterocycles. The van der Waals surface area contributed by atoms with Crippen LogP contribution in [-0.4, -0.2) is 42.6 Å². The highest BCUT2D eigenvalue weighted by Gasteiger charge is 2.21. The van der Waals surface area contributed by atoms with Crippen molar-refractivity contribution in [1.29, 1.82) is 0 Å². The van der Waals surface area contributed by atoms with Gasteiger partial charge in [-0.2, -0.15) is 0 Å². The van der Waals surface area contributed by atoms with Crippen LogP contribution in [0.3, 0.4) is 0 Å². The fourth-order valence-corrected chi connectivity index (χ4v) is 2.05. The lowest BCUT2D eigenvalue weighted by molar-refractivity contribution is -0.123. The van der Waals surface area contributed by atoms with Crippen molar-refractivity contribution in [2.75, 3.05) is 24.7 Å². The van der Waals surface area contributed by atoms with E-state index in [9.17, 15) is 9.59 Å². The molecule has 0 aromatic rings. The molecular weight excluding hydrogens is 202 g/mol. The van der Waals surface area contributed by atoms with Gasteiger partial charge in [-0.25, -0.2) is 0 Å². The molecule has 5 nitrogen and oxygen atoms in total. The molecule has 0 spiro atoms. The fourth-order valence-electron chi connectivity index (χ4n) is 1.11. The SMILES string of the molecule is CC(=O)NCCNC(=O)[C@H]1CSCN1. The van der Waals surface area contributed by atoms with E-state index in [0.717, 1.165) is 11.6 Å². The van der Waals surface area contributed by atoms with E-state index < -0.39 is 0 Å². The minimum absolute atomic E-state index is 0.0142. The second kappa shape index (κ2) is 5.87. The Morgan fingerprint density at radius 2 is 2.14 bits per heavy atom. The van der Waals surface area contributed by atoms with Crippen molar-refractivity contribution in [1.82, 2.24) is 16.0 Å². The van der Waals surface area contributed by atoms with Gasteiger partial charge < -0.3 is 10.6 Å². The smallest absolute Gasteiger partial charge is 0.238 e. The molecule has 1 rings (SSSR count). The second-order valence-corrected chi connectivity index (χ2v) is 4.08. The number of carbonyl (C=O) groups excluding carboxylic acids is 2. The molecule has 1 fully saturated rings. The zero-order chi connectivity index (χ0) is 10.4. The quantitative estimate of drug-likeness (QED) is 0.523. The molecule has 2 amide bonds. The van der Waals surface area contributed by atoms with Crippen molar-refractivity contribution >= 4 is 23.6 Å². The Hall–Kier alpha value is -0.750. The van der Waals surface area contributed by atoms with Crippen LogP contribution >= 0.6 is 11.8 Å². The molecule has 1 aliphatic rings. The summed E-state index contributed by atoms with van der Waals surface area (Å²) in [5.41, 5.74) is 0. The van der Waals surface area contributed by atoms with E-state index in [-0.39, 0.29) is 17.9 Å². The largest absolute Gasteiger partial charge is 0.355 e. The highest BCUT2D eigenvalue weighted by atomic mass is 32.2. The Morgan fingerprint density at radius 3 is 2.71 bits per heavy atom. The molecule has 0 unspecified atom stereocenters. The summed E-state index contributed by atoms with van der Waals surface area (Å²) in [5.74, 6) is 1.60. The van der Waals surface area contributed by atoms with Gasteiger partial charge in [-0.1, -0.05) is 0 Å². The van der Waals surface area contributed by atoms with Crippen molar-refractivity contribution in [3.05, 3.63) is 0 Å². The monoisotopic (exact) mass is 217 g/mol. The van der Waals surface area contributed by atoms with Gasteiger partial charge in [-0.3, -0.25) is 14.9 Å². The van der Waals surface area contributed by atoms with Crippen molar-refractivity contribution in [2.45, 2.75) is 13.0 Å². The van der Waals surface area contributed by atoms with Crippen LogP contribution < -0.4 is 16.0 Å². The maximum absolute atomic E-state index is 11.4. The summed E-state index contributed by atoms with van der Waals surface area (Å²) in [5, 5.41) is 8.43. The number of carbonyl (C=O) groups is 2. The van der Waals surface area contributed by atoms with Gasteiger partial charge in [0.15, 0.2) is 0 Å². The number of rotatable bonds is 4. The zero-order valence-electron chi connectivity index (χ0n) is 8.13. The number of nitrogens with one attached hydrogen (secondary N) is 3. The highest BCUT2D eigenvalue weighted by molar-refractivity contribution is 7.99. The van der Waals surface area contributed by atoms with E-state index in [4.69, 9.17) is 0 Å². The van der Waals surface area contributed by atoms with Crippen molar-refractivity contribution in [2.24, 2.45) is 0 Å². The highest BCUT2D eigenvalue weighted by Crippen LogP contribution is 2.08. The third-order valence-corrected chi connectivity index (χ3v) is 2.77. The maximum Gasteiger partial charge on any atom is 0.238 e. The number of thioether (sulfide) groups is 1. The minimum Gasteiger partial charge on any atom is -0.355 e. The van der Waals surface area contributed by atoms with Gasteiger partial charge >= 0.3 is 0 Å². The van der Waals surface area contributed by atoms with E-state index in [2.05, 4.69) is 16.0 Å². The predicted molar refractivity (Wildman–Crippen MR) is 55.9 cm³/mol. The van der Waals surface area contributed by atoms with Crippen LogP contribution in [-0.2, 0) is 9.59 Å². The van der Waals surface area contributed by atoms with Crippen LogP contribution in [0.2, 0.25) is 0 Å². The molecule has 0 saturated carbocycles. The van der Waals surface area contributed by atoms with Crippen molar-refractivity contribution < 1.29 is 9.59 Å². The molecule has 0 aromatic carbocycles. The molecule has 0 bridgehead atoms. The van der Waals surface area contributed by atoms with Crippen LogP contribution in [0.15, 0.2) is 0 Å². The van der Waals surface area contributed by atoms with E-state index in [1.165, 1.54) is 6.92 Å². The van der Waals surface area contributed by atoms with Gasteiger partial charge in [0.2, 0.25) is 11.8 Å². The molecule has 6 heteroatoms. The van der Waals surface area contributed by atoms with E-state index in [0.29, 0.717) is 13.1 Å². The third kappa shape index (κ3) is 3.97. The molecule has 1 aliphatic heterocycles. The molecule has 0 aliphatic carbocycles. The fraction of sp³-hybridized carbons (Fsp3) is 0.750. The second-order valence-electron chi connectivity index (χ2n) is 3.05. The first kappa shape index (κ1) is 11.3.